The molecule has 13 heavy (non-hydrogen) atoms. The summed E-state index contributed by atoms with van der Waals surface area (Å²) in [6.07, 6.45) is 0. The molecule has 0 aliphatic carbocycles. The predicted octanol–water partition coefficient (Wildman–Crippen LogP) is -0.0687. The van der Waals surface area contributed by atoms with Gasteiger partial charge in [-0.05, 0) is 24.0 Å². The molecule has 0 N–H and O–H groups in total. The van der Waals surface area contributed by atoms with Gasteiger partial charge in [0.2, 0.25) is 0 Å². The largest absolute Gasteiger partial charge is 0.365 e. The van der Waals surface area contributed by atoms with Crippen LogP contribution in [-0.2, 0) is 0 Å². The first-order chi connectivity index (χ1) is 6.02. The standard InChI is InChI=1S/C11H15IN/c1-8(2)11-6-5-10(13(4)12)7-9(11)3/h5-8H,4H2,1-3H3. The number of aryl methyl sites for hydroxylation is 1. The number of benzene rings is 1. The Hall–Kier alpha value is -0.380. The van der Waals surface area contributed by atoms with E-state index in [0.717, 1.165) is 5.69 Å². The lowest BCUT2D eigenvalue weighted by Gasteiger charge is -2.11. The lowest BCUT2D eigenvalue weighted by atomic mass is 9.98. The second-order valence-corrected chi connectivity index (χ2v) is 4.72. The van der Waals surface area contributed by atoms with Crippen molar-refractivity contribution >= 4 is 12.4 Å². The van der Waals surface area contributed by atoms with Crippen molar-refractivity contribution in [1.29, 1.82) is 0 Å². The molecule has 1 radical (unpaired) electrons. The highest BCUT2D eigenvalue weighted by molar-refractivity contribution is 5.41. The van der Waals surface area contributed by atoms with Crippen molar-refractivity contribution in [3.05, 3.63) is 29.3 Å². The van der Waals surface area contributed by atoms with E-state index in [-0.39, 0.29) is 0 Å². The van der Waals surface area contributed by atoms with Crippen LogP contribution in [0.5, 0.6) is 0 Å². The molecule has 0 aromatic heterocycles. The highest BCUT2D eigenvalue weighted by atomic mass is 127. The topological polar surface area (TPSA) is 3.01 Å². The van der Waals surface area contributed by atoms with Gasteiger partial charge in [-0.3, -0.25) is 0 Å². The smallest absolute Gasteiger partial charge is 0.180 e. The molecule has 0 spiro atoms. The minimum Gasteiger partial charge on any atom is -0.365 e. The van der Waals surface area contributed by atoms with Crippen LogP contribution in [-0.4, -0.2) is 9.51 Å². The summed E-state index contributed by atoms with van der Waals surface area (Å²) in [6, 6.07) is 6.47. The molecule has 0 amide bonds. The first-order valence-corrected chi connectivity index (χ1v) is 5.36. The summed E-state index contributed by atoms with van der Waals surface area (Å²) in [5, 5.41) is 0. The molecule has 0 saturated heterocycles. The Morgan fingerprint density at radius 1 is 1.38 bits per heavy atom. The molecule has 1 aromatic carbocycles. The van der Waals surface area contributed by atoms with Crippen molar-refractivity contribution < 1.29 is 25.7 Å². The number of nitrogens with zero attached hydrogens (tertiary/aromatic N) is 1. The molecule has 71 valence electrons. The SMILES string of the molecule is C=[N+]([I-])c1ccc(C(C)C)c(C)c1. The molecule has 0 fully saturated rings. The Morgan fingerprint density at radius 3 is 2.38 bits per heavy atom. The maximum absolute atomic E-state index is 3.84. The van der Waals surface area contributed by atoms with Gasteiger partial charge < -0.3 is 25.7 Å². The van der Waals surface area contributed by atoms with E-state index in [1.807, 2.05) is 2.79 Å². The van der Waals surface area contributed by atoms with Gasteiger partial charge in [-0.2, -0.15) is 0 Å². The molecule has 0 atom stereocenters. The van der Waals surface area contributed by atoms with Gasteiger partial charge in [0.15, 0.2) is 5.69 Å². The first-order valence-electron chi connectivity index (χ1n) is 4.39. The minimum absolute atomic E-state index is 0.599. The predicted molar refractivity (Wildman–Crippen MR) is 52.3 cm³/mol. The normalized spacial score (nSPS) is 10.5. The van der Waals surface area contributed by atoms with Gasteiger partial charge >= 0.3 is 0 Å². The zero-order valence-electron chi connectivity index (χ0n) is 8.34. The van der Waals surface area contributed by atoms with Crippen LogP contribution >= 0.6 is 0 Å². The van der Waals surface area contributed by atoms with Gasteiger partial charge in [0, 0.05) is 12.1 Å². The quantitative estimate of drug-likeness (QED) is 0.407. The van der Waals surface area contributed by atoms with Crippen molar-refractivity contribution in [1.82, 2.24) is 0 Å². The maximum Gasteiger partial charge on any atom is 0.180 e. The summed E-state index contributed by atoms with van der Waals surface area (Å²) in [6.45, 7) is 10.4. The van der Waals surface area contributed by atoms with Gasteiger partial charge in [-0.15, -0.1) is 0 Å². The first kappa shape index (κ1) is 10.7. The number of hydrogen-bond donors (Lipinski definition) is 0. The van der Waals surface area contributed by atoms with E-state index < -0.39 is 0 Å². The van der Waals surface area contributed by atoms with Crippen molar-refractivity contribution in [2.75, 3.05) is 0 Å². The Bertz CT molecular complexity index is 329. The highest BCUT2D eigenvalue weighted by Gasteiger charge is 2.05. The van der Waals surface area contributed by atoms with Crippen LogP contribution in [0.3, 0.4) is 0 Å². The van der Waals surface area contributed by atoms with Crippen LogP contribution in [0.4, 0.5) is 5.69 Å². The molecule has 2 heteroatoms. The number of halogens is 1. The molecule has 0 heterocycles. The zero-order valence-corrected chi connectivity index (χ0v) is 10.5. The molecule has 0 saturated carbocycles. The molecular weight excluding hydrogens is 273 g/mol. The molecule has 1 aromatic rings. The van der Waals surface area contributed by atoms with E-state index in [0.29, 0.717) is 5.92 Å². The average Bonchev–Trinajstić information content (AvgIpc) is 2.03. The molecule has 1 nitrogen and oxygen atoms in total. The van der Waals surface area contributed by atoms with Crippen LogP contribution in [0.15, 0.2) is 18.2 Å². The van der Waals surface area contributed by atoms with E-state index >= 15 is 0 Å². The van der Waals surface area contributed by atoms with Gasteiger partial charge in [-0.25, -0.2) is 0 Å². The second-order valence-electron chi connectivity index (χ2n) is 3.56. The van der Waals surface area contributed by atoms with E-state index in [1.165, 1.54) is 11.1 Å². The maximum atomic E-state index is 3.84. The second kappa shape index (κ2) is 4.22. The van der Waals surface area contributed by atoms with Crippen LogP contribution in [0, 0.1) is 6.92 Å². The third kappa shape index (κ3) is 2.53. The molecule has 1 rings (SSSR count). The van der Waals surface area contributed by atoms with Gasteiger partial charge in [0.05, 0.1) is 0 Å². The van der Waals surface area contributed by atoms with E-state index in [9.17, 15) is 0 Å². The fourth-order valence-electron chi connectivity index (χ4n) is 1.46. The van der Waals surface area contributed by atoms with Gasteiger partial charge in [0.1, 0.15) is 6.72 Å². The summed E-state index contributed by atoms with van der Waals surface area (Å²) in [5.74, 6) is 0.599. The fourth-order valence-corrected chi connectivity index (χ4v) is 1.76. The van der Waals surface area contributed by atoms with Crippen molar-refractivity contribution in [2.45, 2.75) is 26.7 Å². The molecule has 0 bridgehead atoms. The molecule has 0 unspecified atom stereocenters. The Morgan fingerprint density at radius 2 is 2.00 bits per heavy atom. The monoisotopic (exact) mass is 288 g/mol. The lowest BCUT2D eigenvalue weighted by Crippen LogP contribution is -3.38. The minimum atomic E-state index is 0.599. The molecular formula is C11H15IN. The third-order valence-corrected chi connectivity index (χ3v) is 2.71. The highest BCUT2D eigenvalue weighted by Crippen LogP contribution is 2.21. The summed E-state index contributed by atoms with van der Waals surface area (Å²) in [5.41, 5.74) is 3.92. The Kier molecular flexibility index (Phi) is 3.47. The summed E-state index contributed by atoms with van der Waals surface area (Å²) in [7, 11) is 0. The molecule has 0 aliphatic heterocycles. The number of hydrogen-bond acceptors (Lipinski definition) is 0. The van der Waals surface area contributed by atoms with Crippen LogP contribution in [0.25, 0.3) is 0 Å². The summed E-state index contributed by atoms with van der Waals surface area (Å²) >= 11 is 2.18. The zero-order chi connectivity index (χ0) is 10.0. The fraction of sp³-hybridized carbons (Fsp3) is 0.364. The van der Waals surface area contributed by atoms with E-state index in [1.54, 1.807) is 0 Å². The van der Waals surface area contributed by atoms with Crippen molar-refractivity contribution in [3.63, 3.8) is 0 Å². The van der Waals surface area contributed by atoms with Crippen LogP contribution in [0.2, 0.25) is 0 Å². The Balaban J connectivity index is 3.13. The summed E-state index contributed by atoms with van der Waals surface area (Å²) < 4.78 is 1.86. The van der Waals surface area contributed by atoms with Crippen molar-refractivity contribution in [2.24, 2.45) is 0 Å². The summed E-state index contributed by atoms with van der Waals surface area (Å²) in [4.78, 5) is 0. The molecule has 0 aliphatic rings. The van der Waals surface area contributed by atoms with Crippen molar-refractivity contribution in [3.8, 4) is 0 Å². The average molecular weight is 288 g/mol. The van der Waals surface area contributed by atoms with Crippen LogP contribution in [0.1, 0.15) is 30.9 Å². The van der Waals surface area contributed by atoms with Gasteiger partial charge in [0.25, 0.3) is 0 Å². The van der Waals surface area contributed by atoms with E-state index in [4.69, 9.17) is 0 Å². The lowest BCUT2D eigenvalue weighted by molar-refractivity contribution is -1.02. The number of rotatable bonds is 2. The Labute approximate surface area is 94.0 Å². The van der Waals surface area contributed by atoms with E-state index in [2.05, 4.69) is 68.6 Å². The third-order valence-electron chi connectivity index (χ3n) is 2.16. The van der Waals surface area contributed by atoms with Crippen LogP contribution < -0.4 is 22.9 Å². The van der Waals surface area contributed by atoms with Gasteiger partial charge in [-0.1, -0.05) is 19.9 Å².